The van der Waals surface area contributed by atoms with E-state index in [1.807, 2.05) is 51.0 Å². The van der Waals surface area contributed by atoms with Crippen LogP contribution in [-0.2, 0) is 4.79 Å². The van der Waals surface area contributed by atoms with Crippen molar-refractivity contribution in [3.8, 4) is 0 Å². The van der Waals surface area contributed by atoms with Crippen molar-refractivity contribution in [2.45, 2.75) is 19.9 Å². The van der Waals surface area contributed by atoms with Gasteiger partial charge >= 0.3 is 0 Å². The summed E-state index contributed by atoms with van der Waals surface area (Å²) in [6, 6.07) is 14.2. The molecule has 0 aromatic heterocycles. The lowest BCUT2D eigenvalue weighted by molar-refractivity contribution is -0.126. The molecule has 0 aliphatic heterocycles. The predicted octanol–water partition coefficient (Wildman–Crippen LogP) is 3.67. The number of nitrogens with zero attached hydrogens (tertiary/aromatic N) is 1. The molecule has 0 bridgehead atoms. The second-order valence-corrected chi connectivity index (χ2v) is 5.49. The average Bonchev–Trinajstić information content (AvgIpc) is 2.38. The zero-order valence-corrected chi connectivity index (χ0v) is 12.1. The second-order valence-electron chi connectivity index (χ2n) is 5.49. The summed E-state index contributed by atoms with van der Waals surface area (Å²) in [5.41, 5.74) is 1.10. The molecule has 100 valence electrons. The van der Waals surface area contributed by atoms with E-state index in [1.165, 1.54) is 5.39 Å². The number of likely N-dealkylation sites (N-methyl/N-ethyl adjacent to an activating group) is 1. The van der Waals surface area contributed by atoms with Crippen LogP contribution in [0.1, 0.15) is 25.5 Å². The Morgan fingerprint density at radius 3 is 2.26 bits per heavy atom. The molecule has 0 saturated heterocycles. The summed E-state index contributed by atoms with van der Waals surface area (Å²) in [7, 11) is 3.93. The van der Waals surface area contributed by atoms with E-state index < -0.39 is 0 Å². The summed E-state index contributed by atoms with van der Waals surface area (Å²) in [6.45, 7) is 3.92. The first-order chi connectivity index (χ1) is 9.02. The van der Waals surface area contributed by atoms with Gasteiger partial charge in [-0.3, -0.25) is 9.69 Å². The van der Waals surface area contributed by atoms with Crippen molar-refractivity contribution in [3.63, 3.8) is 0 Å². The van der Waals surface area contributed by atoms with Crippen molar-refractivity contribution in [2.24, 2.45) is 5.92 Å². The van der Waals surface area contributed by atoms with Crippen LogP contribution in [0.25, 0.3) is 10.8 Å². The van der Waals surface area contributed by atoms with Crippen LogP contribution in [0.15, 0.2) is 42.5 Å². The fraction of sp³-hybridized carbons (Fsp3) is 0.353. The highest BCUT2D eigenvalue weighted by Gasteiger charge is 2.26. The van der Waals surface area contributed by atoms with E-state index in [0.717, 1.165) is 10.9 Å². The summed E-state index contributed by atoms with van der Waals surface area (Å²) >= 11 is 0. The molecule has 0 spiro atoms. The van der Waals surface area contributed by atoms with Gasteiger partial charge in [0.25, 0.3) is 0 Å². The Balaban J connectivity index is 2.60. The summed E-state index contributed by atoms with van der Waals surface area (Å²) in [6.07, 6.45) is 0. The largest absolute Gasteiger partial charge is 0.297 e. The maximum atomic E-state index is 12.5. The number of Topliss-reactive ketones (excluding diaryl/α,β-unsaturated/α-hetero) is 1. The number of hydrogen-bond donors (Lipinski definition) is 0. The predicted molar refractivity (Wildman–Crippen MR) is 80.2 cm³/mol. The maximum Gasteiger partial charge on any atom is 0.157 e. The monoisotopic (exact) mass is 255 g/mol. The molecule has 0 amide bonds. The number of rotatable bonds is 4. The number of benzene rings is 2. The molecule has 2 heteroatoms. The van der Waals surface area contributed by atoms with Crippen LogP contribution in [0.5, 0.6) is 0 Å². The lowest BCUT2D eigenvalue weighted by atomic mass is 9.91. The van der Waals surface area contributed by atoms with Crippen molar-refractivity contribution in [1.82, 2.24) is 4.90 Å². The first-order valence-electron chi connectivity index (χ1n) is 6.70. The Hall–Kier alpha value is -1.67. The van der Waals surface area contributed by atoms with Gasteiger partial charge in [-0.25, -0.2) is 0 Å². The van der Waals surface area contributed by atoms with Gasteiger partial charge in [0.2, 0.25) is 0 Å². The van der Waals surface area contributed by atoms with Gasteiger partial charge in [0.05, 0.1) is 6.04 Å². The summed E-state index contributed by atoms with van der Waals surface area (Å²) in [4.78, 5) is 14.5. The molecule has 1 unspecified atom stereocenters. The lowest BCUT2D eigenvalue weighted by Gasteiger charge is -2.26. The molecule has 2 aromatic carbocycles. The van der Waals surface area contributed by atoms with Gasteiger partial charge < -0.3 is 0 Å². The quantitative estimate of drug-likeness (QED) is 0.831. The van der Waals surface area contributed by atoms with Gasteiger partial charge in [0, 0.05) is 5.92 Å². The minimum absolute atomic E-state index is 0.0337. The Kier molecular flexibility index (Phi) is 4.01. The van der Waals surface area contributed by atoms with E-state index in [1.54, 1.807) is 0 Å². The van der Waals surface area contributed by atoms with E-state index >= 15 is 0 Å². The SMILES string of the molecule is CC(C)C(=O)C(c1cccc2ccccc12)N(C)C. The number of hydrogen-bond acceptors (Lipinski definition) is 2. The second kappa shape index (κ2) is 5.54. The Morgan fingerprint density at radius 1 is 1.00 bits per heavy atom. The Bertz CT molecular complexity index is 581. The number of fused-ring (bicyclic) bond motifs is 1. The van der Waals surface area contributed by atoms with Crippen molar-refractivity contribution >= 4 is 16.6 Å². The highest BCUT2D eigenvalue weighted by molar-refractivity contribution is 5.94. The van der Waals surface area contributed by atoms with Crippen LogP contribution < -0.4 is 0 Å². The molecule has 2 aromatic rings. The molecule has 0 aliphatic carbocycles. The summed E-state index contributed by atoms with van der Waals surface area (Å²) in [5, 5.41) is 2.35. The number of carbonyl (C=O) groups is 1. The molecule has 0 aliphatic rings. The van der Waals surface area contributed by atoms with Gasteiger partial charge in [-0.1, -0.05) is 56.3 Å². The maximum absolute atomic E-state index is 12.5. The topological polar surface area (TPSA) is 20.3 Å². The van der Waals surface area contributed by atoms with Crippen LogP contribution in [0.3, 0.4) is 0 Å². The van der Waals surface area contributed by atoms with Crippen molar-refractivity contribution in [2.75, 3.05) is 14.1 Å². The molecule has 0 heterocycles. The van der Waals surface area contributed by atoms with Crippen LogP contribution >= 0.6 is 0 Å². The fourth-order valence-electron chi connectivity index (χ4n) is 2.49. The molecule has 19 heavy (non-hydrogen) atoms. The van der Waals surface area contributed by atoms with Gasteiger partial charge in [-0.2, -0.15) is 0 Å². The summed E-state index contributed by atoms with van der Waals surface area (Å²) < 4.78 is 0. The molecule has 1 atom stereocenters. The van der Waals surface area contributed by atoms with Gasteiger partial charge in [-0.15, -0.1) is 0 Å². The van der Waals surface area contributed by atoms with E-state index in [4.69, 9.17) is 0 Å². The van der Waals surface area contributed by atoms with E-state index in [9.17, 15) is 4.79 Å². The fourth-order valence-corrected chi connectivity index (χ4v) is 2.49. The third kappa shape index (κ3) is 2.69. The summed E-state index contributed by atoms with van der Waals surface area (Å²) in [5.74, 6) is 0.299. The molecule has 0 fully saturated rings. The van der Waals surface area contributed by atoms with Crippen molar-refractivity contribution in [1.29, 1.82) is 0 Å². The van der Waals surface area contributed by atoms with Crippen LogP contribution in [0, 0.1) is 5.92 Å². The van der Waals surface area contributed by atoms with E-state index in [-0.39, 0.29) is 17.7 Å². The average molecular weight is 255 g/mol. The zero-order valence-electron chi connectivity index (χ0n) is 12.1. The number of carbonyl (C=O) groups excluding carboxylic acids is 1. The standard InChI is InChI=1S/C17H21NO/c1-12(2)17(19)16(18(3)4)15-11-7-9-13-8-5-6-10-14(13)15/h5-12,16H,1-4H3. The van der Waals surface area contributed by atoms with Gasteiger partial charge in [0.15, 0.2) is 5.78 Å². The molecule has 2 nitrogen and oxygen atoms in total. The minimum atomic E-state index is -0.175. The van der Waals surface area contributed by atoms with Crippen LogP contribution in [-0.4, -0.2) is 24.8 Å². The van der Waals surface area contributed by atoms with E-state index in [0.29, 0.717) is 0 Å². The van der Waals surface area contributed by atoms with E-state index in [2.05, 4.69) is 24.3 Å². The van der Waals surface area contributed by atoms with Crippen LogP contribution in [0.2, 0.25) is 0 Å². The molecular weight excluding hydrogens is 234 g/mol. The first-order valence-corrected chi connectivity index (χ1v) is 6.70. The molecule has 0 saturated carbocycles. The first kappa shape index (κ1) is 13.8. The molecule has 0 N–H and O–H groups in total. The normalized spacial score (nSPS) is 13.2. The molecular formula is C17H21NO. The molecule has 2 rings (SSSR count). The highest BCUT2D eigenvalue weighted by atomic mass is 16.1. The Labute approximate surface area is 115 Å². The van der Waals surface area contributed by atoms with Crippen LogP contribution in [0.4, 0.5) is 0 Å². The van der Waals surface area contributed by atoms with Crippen molar-refractivity contribution in [3.05, 3.63) is 48.0 Å². The minimum Gasteiger partial charge on any atom is -0.297 e. The zero-order chi connectivity index (χ0) is 14.0. The van der Waals surface area contributed by atoms with Crippen molar-refractivity contribution < 1.29 is 4.79 Å². The van der Waals surface area contributed by atoms with Gasteiger partial charge in [-0.05, 0) is 30.4 Å². The lowest BCUT2D eigenvalue weighted by Crippen LogP contribution is -2.30. The highest BCUT2D eigenvalue weighted by Crippen LogP contribution is 2.29. The third-order valence-corrected chi connectivity index (χ3v) is 3.47. The van der Waals surface area contributed by atoms with Gasteiger partial charge in [0.1, 0.15) is 0 Å². The molecule has 0 radical (unpaired) electrons. The smallest absolute Gasteiger partial charge is 0.157 e. The number of ketones is 1. The Morgan fingerprint density at radius 2 is 1.63 bits per heavy atom. The third-order valence-electron chi connectivity index (χ3n) is 3.47.